The molecule has 0 saturated heterocycles. The van der Waals surface area contributed by atoms with Crippen molar-refractivity contribution in [2.45, 2.75) is 88.9 Å². The standard InChI is InChI=1S/C20H24.6C3H3.2Sn/c1-3-5-7-17-9-13-19(14-10-17)20-15-11-18(12-16-20)8-6-4-2;6*1-3-2;;/h9-16H,1-8H2;6*1H3;;. The van der Waals surface area contributed by atoms with E-state index in [1.807, 2.05) is 41.5 Å². The molecule has 0 saturated carbocycles. The van der Waals surface area contributed by atoms with Crippen LogP contribution in [0, 0.1) is 59.1 Å². The Morgan fingerprint density at radius 2 is 0.675 bits per heavy atom. The van der Waals surface area contributed by atoms with E-state index >= 15 is 0 Å². The Balaban J connectivity index is 1.89. The van der Waals surface area contributed by atoms with Gasteiger partial charge in [-0.05, 0) is 0 Å². The second-order valence-corrected chi connectivity index (χ2v) is 27.3. The zero-order valence-corrected chi connectivity index (χ0v) is 31.0. The van der Waals surface area contributed by atoms with E-state index < -0.39 is 36.8 Å². The van der Waals surface area contributed by atoms with Crippen LogP contribution in [0.4, 0.5) is 0 Å². The van der Waals surface area contributed by atoms with Crippen LogP contribution in [0.25, 0.3) is 11.1 Å². The fourth-order valence-electron chi connectivity index (χ4n) is 5.01. The third-order valence-corrected chi connectivity index (χ3v) is 24.7. The summed E-state index contributed by atoms with van der Waals surface area (Å²) in [6, 6.07) is 18.1. The van der Waals surface area contributed by atoms with E-state index in [0.29, 0.717) is 0 Å². The van der Waals surface area contributed by atoms with Crippen molar-refractivity contribution in [1.82, 2.24) is 0 Å². The Kier molecular flexibility index (Phi) is 15.7. The number of hydrogen-bond acceptors (Lipinski definition) is 0. The molecule has 0 aromatic heterocycles. The summed E-state index contributed by atoms with van der Waals surface area (Å²) in [5.41, 5.74) is 5.32. The molecule has 0 spiro atoms. The molecule has 0 aliphatic heterocycles. The first kappa shape index (κ1) is 33.6. The summed E-state index contributed by atoms with van der Waals surface area (Å²) in [5.74, 6) is 18.7. The van der Waals surface area contributed by atoms with Gasteiger partial charge < -0.3 is 0 Å². The Hall–Kier alpha value is -2.60. The average Bonchev–Trinajstić information content (AvgIpc) is 2.95. The second-order valence-electron chi connectivity index (χ2n) is 9.87. The molecular weight excluding hydrogens is 694 g/mol. The summed E-state index contributed by atoms with van der Waals surface area (Å²) in [6.07, 6.45) is 6.77. The zero-order chi connectivity index (χ0) is 29.1. The van der Waals surface area contributed by atoms with Crippen molar-refractivity contribution in [1.29, 1.82) is 0 Å². The molecule has 2 rings (SSSR count). The number of aryl methyl sites for hydroxylation is 2. The molecule has 2 heteroatoms. The Morgan fingerprint density at radius 3 is 0.925 bits per heavy atom. The van der Waals surface area contributed by atoms with Crippen LogP contribution in [0.1, 0.15) is 78.4 Å². The third-order valence-electron chi connectivity index (χ3n) is 6.81. The molecule has 0 aliphatic carbocycles. The molecule has 0 nitrogen and oxygen atoms in total. The molecule has 202 valence electrons. The molecule has 0 radical (unpaired) electrons. The van der Waals surface area contributed by atoms with Crippen molar-refractivity contribution in [3.63, 3.8) is 0 Å². The van der Waals surface area contributed by atoms with Gasteiger partial charge in [-0.15, -0.1) is 0 Å². The summed E-state index contributed by atoms with van der Waals surface area (Å²) in [7, 11) is 0. The maximum absolute atomic E-state index is 3.46. The van der Waals surface area contributed by atoms with E-state index in [0.717, 1.165) is 47.4 Å². The maximum atomic E-state index is 3.46. The van der Waals surface area contributed by atoms with E-state index in [9.17, 15) is 0 Å². The van der Waals surface area contributed by atoms with Gasteiger partial charge in [0.1, 0.15) is 0 Å². The normalized spacial score (nSPS) is 9.85. The fraction of sp³-hybridized carbons (Fsp3) is 0.368. The van der Waals surface area contributed by atoms with Crippen molar-refractivity contribution in [3.8, 4) is 70.3 Å². The Labute approximate surface area is 253 Å². The summed E-state index contributed by atoms with van der Waals surface area (Å²) in [5, 5.41) is 0. The van der Waals surface area contributed by atoms with Crippen LogP contribution in [0.15, 0.2) is 48.5 Å². The van der Waals surface area contributed by atoms with Crippen LogP contribution in [0.3, 0.4) is 0 Å². The molecule has 0 unspecified atom stereocenters. The quantitative estimate of drug-likeness (QED) is 0.124. The van der Waals surface area contributed by atoms with Crippen molar-refractivity contribution >= 4 is 36.8 Å². The van der Waals surface area contributed by atoms with Gasteiger partial charge in [-0.1, -0.05) is 0 Å². The number of hydrogen-bond donors (Lipinski definition) is 0. The molecule has 0 bridgehead atoms. The van der Waals surface area contributed by atoms with E-state index in [1.165, 1.54) is 22.3 Å². The van der Waals surface area contributed by atoms with Gasteiger partial charge >= 0.3 is 256 Å². The van der Waals surface area contributed by atoms with Crippen molar-refractivity contribution in [2.75, 3.05) is 0 Å². The Morgan fingerprint density at radius 1 is 0.400 bits per heavy atom. The first-order chi connectivity index (χ1) is 19.5. The fourth-order valence-corrected chi connectivity index (χ4v) is 20.0. The van der Waals surface area contributed by atoms with Gasteiger partial charge in [0, 0.05) is 0 Å². The monoisotopic (exact) mass is 738 g/mol. The van der Waals surface area contributed by atoms with Gasteiger partial charge in [-0.2, -0.15) is 0 Å². The SMILES string of the molecule is CC#[C][Sn]([C]#CC)([C]#CC)[CH2]CCCc1ccc(-c2ccc(CCC[CH2][Sn]([C]#CC)([C]#CC)[C]#CC)cc2)cc1. The van der Waals surface area contributed by atoms with Gasteiger partial charge in [0.05, 0.1) is 0 Å². The van der Waals surface area contributed by atoms with Crippen LogP contribution >= 0.6 is 0 Å². The topological polar surface area (TPSA) is 0 Å². The molecule has 40 heavy (non-hydrogen) atoms. The predicted molar refractivity (Wildman–Crippen MR) is 180 cm³/mol. The number of rotatable bonds is 11. The van der Waals surface area contributed by atoms with E-state index in [1.54, 1.807) is 0 Å². The van der Waals surface area contributed by atoms with Gasteiger partial charge in [0.2, 0.25) is 0 Å². The molecule has 0 fully saturated rings. The average molecular weight is 736 g/mol. The summed E-state index contributed by atoms with van der Waals surface area (Å²) < 4.78 is 23.0. The molecule has 0 atom stereocenters. The first-order valence-electron chi connectivity index (χ1n) is 14.3. The number of unbranched alkanes of at least 4 members (excludes halogenated alkanes) is 2. The van der Waals surface area contributed by atoms with Gasteiger partial charge in [-0.25, -0.2) is 0 Å². The van der Waals surface area contributed by atoms with Gasteiger partial charge in [0.25, 0.3) is 0 Å². The minimum absolute atomic E-state index is 1.09. The molecule has 0 heterocycles. The van der Waals surface area contributed by atoms with Crippen molar-refractivity contribution in [3.05, 3.63) is 59.7 Å². The third kappa shape index (κ3) is 11.1. The van der Waals surface area contributed by atoms with Crippen LogP contribution in [-0.2, 0) is 12.8 Å². The van der Waals surface area contributed by atoms with Crippen LogP contribution in [0.5, 0.6) is 0 Å². The van der Waals surface area contributed by atoms with Crippen molar-refractivity contribution < 1.29 is 0 Å². The van der Waals surface area contributed by atoms with Crippen LogP contribution < -0.4 is 0 Å². The molecule has 0 N–H and O–H groups in total. The molecule has 0 aliphatic rings. The predicted octanol–water partition coefficient (Wildman–Crippen LogP) is 8.27. The van der Waals surface area contributed by atoms with Crippen LogP contribution in [0.2, 0.25) is 8.87 Å². The Bertz CT molecular complexity index is 1250. The van der Waals surface area contributed by atoms with Gasteiger partial charge in [0.15, 0.2) is 0 Å². The molecule has 0 amide bonds. The summed E-state index contributed by atoms with van der Waals surface area (Å²) in [4.78, 5) is 0. The number of benzene rings is 2. The van der Waals surface area contributed by atoms with Crippen LogP contribution in [-0.4, -0.2) is 36.8 Å². The molecular formula is C38H42Sn2. The van der Waals surface area contributed by atoms with E-state index in [-0.39, 0.29) is 0 Å². The van der Waals surface area contributed by atoms with Gasteiger partial charge in [-0.3, -0.25) is 0 Å². The first-order valence-corrected chi connectivity index (χ1v) is 26.9. The van der Waals surface area contributed by atoms with E-state index in [2.05, 4.69) is 108 Å². The molecule has 2 aromatic rings. The van der Waals surface area contributed by atoms with Crippen molar-refractivity contribution in [2.24, 2.45) is 0 Å². The zero-order valence-electron chi connectivity index (χ0n) is 25.3. The second kappa shape index (κ2) is 18.7. The summed E-state index contributed by atoms with van der Waals surface area (Å²) >= 11 is -5.91. The van der Waals surface area contributed by atoms with E-state index in [4.69, 9.17) is 0 Å². The molecule has 2 aromatic carbocycles. The minimum atomic E-state index is -2.95. The summed E-state index contributed by atoms with van der Waals surface area (Å²) in [6.45, 7) is 11.5.